The van der Waals surface area contributed by atoms with Gasteiger partial charge in [-0.25, -0.2) is 9.59 Å². The molecule has 0 aliphatic rings. The van der Waals surface area contributed by atoms with Crippen molar-refractivity contribution in [2.75, 3.05) is 41.3 Å². The SMILES string of the molecule is C=CC(=O)O[N+](C)(C)CC.C=CC(=O)O[N+](C)(C)CC.O=S(=O)([O-])[O-]. The number of nitrogens with zero attached hydrogens (tertiary/aromatic N) is 2. The van der Waals surface area contributed by atoms with Gasteiger partial charge in [-0.05, 0) is 13.8 Å². The molecule has 0 atom stereocenters. The third-order valence-electron chi connectivity index (χ3n) is 2.53. The van der Waals surface area contributed by atoms with Crippen LogP contribution in [0, 0.1) is 0 Å². The molecule has 0 saturated carbocycles. The topological polar surface area (TPSA) is 133 Å². The van der Waals surface area contributed by atoms with Crippen molar-refractivity contribution < 1.29 is 46.1 Å². The van der Waals surface area contributed by atoms with E-state index in [1.54, 1.807) is 28.2 Å². The zero-order chi connectivity index (χ0) is 20.9. The Hall–Kier alpha value is -1.79. The fourth-order valence-electron chi connectivity index (χ4n) is 0.691. The number of rotatable bonds is 6. The van der Waals surface area contributed by atoms with E-state index in [-0.39, 0.29) is 21.2 Å². The van der Waals surface area contributed by atoms with Crippen LogP contribution in [0.4, 0.5) is 0 Å². The molecule has 0 spiro atoms. The van der Waals surface area contributed by atoms with E-state index in [0.29, 0.717) is 0 Å². The first-order valence-electron chi connectivity index (χ1n) is 7.08. The van der Waals surface area contributed by atoms with Crippen molar-refractivity contribution in [2.45, 2.75) is 13.8 Å². The summed E-state index contributed by atoms with van der Waals surface area (Å²) in [5, 5.41) is 0. The molecule has 0 fully saturated rings. The fraction of sp³-hybridized carbons (Fsp3) is 0.571. The molecule has 0 aromatic carbocycles. The second kappa shape index (κ2) is 12.6. The van der Waals surface area contributed by atoms with Crippen LogP contribution >= 0.6 is 0 Å². The van der Waals surface area contributed by atoms with Crippen LogP contribution in [0.3, 0.4) is 0 Å². The lowest BCUT2D eigenvalue weighted by molar-refractivity contribution is -1.06. The molecule has 0 N–H and O–H groups in total. The number of carbonyl (C=O) groups is 2. The first-order chi connectivity index (χ1) is 11.0. The van der Waals surface area contributed by atoms with Crippen LogP contribution in [0.25, 0.3) is 0 Å². The second-order valence-corrected chi connectivity index (χ2v) is 6.23. The summed E-state index contributed by atoms with van der Waals surface area (Å²) in [4.78, 5) is 31.1. The molecule has 0 bridgehead atoms. The average Bonchev–Trinajstić information content (AvgIpc) is 2.45. The minimum atomic E-state index is -5.17. The lowest BCUT2D eigenvalue weighted by Gasteiger charge is -2.23. The monoisotopic (exact) mass is 384 g/mol. The van der Waals surface area contributed by atoms with Gasteiger partial charge in [0.05, 0.1) is 0 Å². The molecule has 0 amide bonds. The van der Waals surface area contributed by atoms with Gasteiger partial charge in [-0.15, -0.1) is 9.29 Å². The Balaban J connectivity index is -0.000000308. The molecule has 0 radical (unpaired) electrons. The van der Waals surface area contributed by atoms with Crippen LogP contribution in [-0.4, -0.2) is 80.0 Å². The van der Waals surface area contributed by atoms with Crippen molar-refractivity contribution in [3.05, 3.63) is 25.3 Å². The van der Waals surface area contributed by atoms with Gasteiger partial charge in [0.1, 0.15) is 41.3 Å². The third-order valence-corrected chi connectivity index (χ3v) is 2.53. The van der Waals surface area contributed by atoms with Gasteiger partial charge in [0, 0.05) is 22.6 Å². The van der Waals surface area contributed by atoms with Crippen molar-refractivity contribution in [1.29, 1.82) is 0 Å². The maximum atomic E-state index is 10.6. The van der Waals surface area contributed by atoms with Crippen molar-refractivity contribution in [2.24, 2.45) is 0 Å². The number of carbonyl (C=O) groups excluding carboxylic acids is 2. The van der Waals surface area contributed by atoms with Crippen LogP contribution in [0.15, 0.2) is 25.3 Å². The van der Waals surface area contributed by atoms with Gasteiger partial charge in [-0.3, -0.25) is 18.1 Å². The first-order valence-corrected chi connectivity index (χ1v) is 8.41. The van der Waals surface area contributed by atoms with Crippen LogP contribution in [0.5, 0.6) is 0 Å². The summed E-state index contributed by atoms with van der Waals surface area (Å²) in [6.07, 6.45) is 2.32. The lowest BCUT2D eigenvalue weighted by atomic mass is 10.6. The van der Waals surface area contributed by atoms with Crippen molar-refractivity contribution in [1.82, 2.24) is 0 Å². The van der Waals surface area contributed by atoms with E-state index in [2.05, 4.69) is 13.2 Å². The maximum Gasteiger partial charge on any atom is 0.389 e. The highest BCUT2D eigenvalue weighted by atomic mass is 32.3. The molecule has 0 unspecified atom stereocenters. The largest absolute Gasteiger partial charge is 0.759 e. The Morgan fingerprint density at radius 2 is 1.08 bits per heavy atom. The van der Waals surface area contributed by atoms with Crippen LogP contribution in [0.1, 0.15) is 13.8 Å². The van der Waals surface area contributed by atoms with Gasteiger partial charge < -0.3 is 9.11 Å². The normalized spacial score (nSPS) is 10.9. The number of hydrogen-bond acceptors (Lipinski definition) is 8. The van der Waals surface area contributed by atoms with Gasteiger partial charge in [-0.2, -0.15) is 0 Å². The molecule has 0 saturated heterocycles. The molecule has 0 heterocycles. The van der Waals surface area contributed by atoms with E-state index < -0.39 is 10.4 Å². The number of quaternary nitrogens is 2. The second-order valence-electron chi connectivity index (χ2n) is 5.42. The smallest absolute Gasteiger partial charge is 0.389 e. The zero-order valence-electron chi connectivity index (χ0n) is 15.6. The summed E-state index contributed by atoms with van der Waals surface area (Å²) in [6.45, 7) is 12.0. The van der Waals surface area contributed by atoms with Gasteiger partial charge in [0.2, 0.25) is 0 Å². The summed E-state index contributed by atoms with van der Waals surface area (Å²) in [6, 6.07) is 0. The zero-order valence-corrected chi connectivity index (χ0v) is 16.4. The Morgan fingerprint density at radius 1 is 0.880 bits per heavy atom. The lowest BCUT2D eigenvalue weighted by Crippen LogP contribution is -2.40. The highest BCUT2D eigenvalue weighted by Gasteiger charge is 2.17. The molecule has 10 nitrogen and oxygen atoms in total. The summed E-state index contributed by atoms with van der Waals surface area (Å²) < 4.78 is 34.6. The summed E-state index contributed by atoms with van der Waals surface area (Å²) in [7, 11) is 2.06. The Morgan fingerprint density at radius 3 is 1.20 bits per heavy atom. The third kappa shape index (κ3) is 27.4. The molecule has 0 rings (SSSR count). The van der Waals surface area contributed by atoms with E-state index in [0.717, 1.165) is 25.2 Å². The van der Waals surface area contributed by atoms with E-state index in [1.807, 2.05) is 13.8 Å². The van der Waals surface area contributed by atoms with E-state index in [9.17, 15) is 9.59 Å². The predicted molar refractivity (Wildman–Crippen MR) is 88.4 cm³/mol. The molecule has 0 aliphatic carbocycles. The minimum Gasteiger partial charge on any atom is -0.759 e. The van der Waals surface area contributed by atoms with Crippen molar-refractivity contribution in [3.63, 3.8) is 0 Å². The highest BCUT2D eigenvalue weighted by molar-refractivity contribution is 7.79. The summed E-state index contributed by atoms with van der Waals surface area (Å²) in [5.74, 6) is -0.765. The van der Waals surface area contributed by atoms with Gasteiger partial charge >= 0.3 is 11.9 Å². The van der Waals surface area contributed by atoms with E-state index in [4.69, 9.17) is 27.2 Å². The van der Waals surface area contributed by atoms with E-state index in [1.165, 1.54) is 0 Å². The molecule has 0 aliphatic heterocycles. The van der Waals surface area contributed by atoms with Crippen molar-refractivity contribution >= 4 is 22.3 Å². The Bertz CT molecular complexity index is 499. The highest BCUT2D eigenvalue weighted by Crippen LogP contribution is 1.98. The van der Waals surface area contributed by atoms with Gasteiger partial charge in [0.25, 0.3) is 0 Å². The minimum absolute atomic E-state index is 0.241. The van der Waals surface area contributed by atoms with Crippen LogP contribution < -0.4 is 0 Å². The molecule has 0 aromatic rings. The fourth-order valence-corrected chi connectivity index (χ4v) is 0.691. The molecule has 0 aromatic heterocycles. The summed E-state index contributed by atoms with van der Waals surface area (Å²) >= 11 is 0. The van der Waals surface area contributed by atoms with Gasteiger partial charge in [0.15, 0.2) is 0 Å². The quantitative estimate of drug-likeness (QED) is 0.207. The first kappa shape index (κ1) is 28.0. The molecule has 25 heavy (non-hydrogen) atoms. The van der Waals surface area contributed by atoms with Crippen molar-refractivity contribution in [3.8, 4) is 0 Å². The van der Waals surface area contributed by atoms with Crippen LogP contribution in [-0.2, 0) is 29.7 Å². The van der Waals surface area contributed by atoms with Crippen LogP contribution in [0.2, 0.25) is 0 Å². The number of hydrogen-bond donors (Lipinski definition) is 0. The molecular formula is C14H28N2O8S. The predicted octanol–water partition coefficient (Wildman–Crippen LogP) is 0.116. The molecule has 11 heteroatoms. The van der Waals surface area contributed by atoms with Gasteiger partial charge in [-0.1, -0.05) is 13.2 Å². The average molecular weight is 384 g/mol. The number of hydroxylamine groups is 6. The van der Waals surface area contributed by atoms with E-state index >= 15 is 0 Å². The molecule has 148 valence electrons. The standard InChI is InChI=1S/2C7H14NO2.H2O4S/c2*1-5-7(9)10-8(3,4)6-2;1-5(2,3)4/h2*5H,1,6H2,2-4H3;(H2,1,2,3,4)/q2*+1;/p-2. The molecular weight excluding hydrogens is 356 g/mol. The Labute approximate surface area is 149 Å². The Kier molecular flexibility index (Phi) is 14.1. The maximum absolute atomic E-state index is 10.6. The summed E-state index contributed by atoms with van der Waals surface area (Å²) in [5.41, 5.74) is 0.